The SMILES string of the molecule is O=C(CCc1ccccc1)NCc1cccc(Cl)c1. The number of amides is 1. The Hall–Kier alpha value is -1.80. The molecule has 0 aliphatic rings. The Morgan fingerprint density at radius 1 is 1.00 bits per heavy atom. The Labute approximate surface area is 118 Å². The van der Waals surface area contributed by atoms with E-state index >= 15 is 0 Å². The summed E-state index contributed by atoms with van der Waals surface area (Å²) in [6, 6.07) is 17.5. The van der Waals surface area contributed by atoms with Crippen LogP contribution in [0.25, 0.3) is 0 Å². The van der Waals surface area contributed by atoms with Gasteiger partial charge in [0.25, 0.3) is 0 Å². The van der Waals surface area contributed by atoms with Gasteiger partial charge in [0.15, 0.2) is 0 Å². The molecule has 2 aromatic carbocycles. The number of hydrogen-bond donors (Lipinski definition) is 1. The van der Waals surface area contributed by atoms with Gasteiger partial charge < -0.3 is 5.32 Å². The first-order chi connectivity index (χ1) is 9.24. The molecule has 0 heterocycles. The number of hydrogen-bond acceptors (Lipinski definition) is 1. The zero-order valence-corrected chi connectivity index (χ0v) is 11.4. The molecule has 1 amide bonds. The minimum atomic E-state index is 0.0591. The predicted molar refractivity (Wildman–Crippen MR) is 78.1 cm³/mol. The standard InChI is InChI=1S/C16H16ClNO/c17-15-8-4-7-14(11-15)12-18-16(19)10-9-13-5-2-1-3-6-13/h1-8,11H,9-10,12H2,(H,18,19). The fourth-order valence-corrected chi connectivity index (χ4v) is 2.05. The normalized spacial score (nSPS) is 10.2. The van der Waals surface area contributed by atoms with Gasteiger partial charge in [-0.25, -0.2) is 0 Å². The first-order valence-corrected chi connectivity index (χ1v) is 6.67. The molecule has 2 nitrogen and oxygen atoms in total. The van der Waals surface area contributed by atoms with Crippen LogP contribution in [0, 0.1) is 0 Å². The molecule has 1 N–H and O–H groups in total. The Morgan fingerprint density at radius 2 is 1.74 bits per heavy atom. The zero-order valence-electron chi connectivity index (χ0n) is 10.6. The lowest BCUT2D eigenvalue weighted by atomic mass is 10.1. The number of aryl methyl sites for hydroxylation is 1. The molecule has 0 saturated carbocycles. The van der Waals surface area contributed by atoms with E-state index in [1.165, 1.54) is 5.56 Å². The summed E-state index contributed by atoms with van der Waals surface area (Å²) in [5.74, 6) is 0.0591. The molecule has 0 fully saturated rings. The highest BCUT2D eigenvalue weighted by Gasteiger charge is 2.02. The van der Waals surface area contributed by atoms with Crippen LogP contribution in [0.3, 0.4) is 0 Å². The summed E-state index contributed by atoms with van der Waals surface area (Å²) in [5.41, 5.74) is 2.20. The maximum absolute atomic E-state index is 11.7. The first kappa shape index (κ1) is 13.6. The second kappa shape index (κ2) is 6.95. The molecule has 0 aromatic heterocycles. The molecule has 0 saturated heterocycles. The molecular formula is C16H16ClNO. The summed E-state index contributed by atoms with van der Waals surface area (Å²) in [6.45, 7) is 0.522. The van der Waals surface area contributed by atoms with Crippen LogP contribution in [-0.4, -0.2) is 5.91 Å². The molecule has 0 atom stereocenters. The van der Waals surface area contributed by atoms with E-state index in [0.717, 1.165) is 12.0 Å². The van der Waals surface area contributed by atoms with Crippen molar-refractivity contribution in [3.8, 4) is 0 Å². The van der Waals surface area contributed by atoms with Crippen LogP contribution in [0.4, 0.5) is 0 Å². The van der Waals surface area contributed by atoms with Gasteiger partial charge in [-0.3, -0.25) is 4.79 Å². The third-order valence-corrected chi connectivity index (χ3v) is 3.10. The van der Waals surface area contributed by atoms with Gasteiger partial charge in [-0.15, -0.1) is 0 Å². The van der Waals surface area contributed by atoms with E-state index in [2.05, 4.69) is 5.32 Å². The number of nitrogens with one attached hydrogen (secondary N) is 1. The van der Waals surface area contributed by atoms with Crippen LogP contribution in [0.2, 0.25) is 5.02 Å². The lowest BCUT2D eigenvalue weighted by molar-refractivity contribution is -0.121. The van der Waals surface area contributed by atoms with Crippen molar-refractivity contribution in [2.45, 2.75) is 19.4 Å². The fraction of sp³-hybridized carbons (Fsp3) is 0.188. The molecule has 0 unspecified atom stereocenters. The lowest BCUT2D eigenvalue weighted by Crippen LogP contribution is -2.22. The van der Waals surface area contributed by atoms with Crippen LogP contribution in [0.15, 0.2) is 54.6 Å². The summed E-state index contributed by atoms with van der Waals surface area (Å²) in [4.78, 5) is 11.7. The van der Waals surface area contributed by atoms with E-state index in [4.69, 9.17) is 11.6 Å². The van der Waals surface area contributed by atoms with E-state index in [1.54, 1.807) is 0 Å². The summed E-state index contributed by atoms with van der Waals surface area (Å²) in [7, 11) is 0. The van der Waals surface area contributed by atoms with Crippen LogP contribution in [0.5, 0.6) is 0 Å². The van der Waals surface area contributed by atoms with E-state index in [0.29, 0.717) is 18.0 Å². The summed E-state index contributed by atoms with van der Waals surface area (Å²) < 4.78 is 0. The largest absolute Gasteiger partial charge is 0.352 e. The number of carbonyl (C=O) groups is 1. The molecule has 3 heteroatoms. The van der Waals surface area contributed by atoms with E-state index < -0.39 is 0 Å². The van der Waals surface area contributed by atoms with Crippen molar-refractivity contribution in [1.82, 2.24) is 5.32 Å². The van der Waals surface area contributed by atoms with Crippen LogP contribution in [0.1, 0.15) is 17.5 Å². The van der Waals surface area contributed by atoms with E-state index in [9.17, 15) is 4.79 Å². The molecule has 2 rings (SSSR count). The molecule has 2 aromatic rings. The van der Waals surface area contributed by atoms with Gasteiger partial charge in [0, 0.05) is 18.0 Å². The van der Waals surface area contributed by atoms with Crippen LogP contribution >= 0.6 is 11.6 Å². The molecule has 0 aliphatic carbocycles. The van der Waals surface area contributed by atoms with Crippen LogP contribution in [-0.2, 0) is 17.8 Å². The topological polar surface area (TPSA) is 29.1 Å². The maximum atomic E-state index is 11.7. The van der Waals surface area contributed by atoms with Gasteiger partial charge in [0.2, 0.25) is 5.91 Å². The molecule has 0 radical (unpaired) electrons. The smallest absolute Gasteiger partial charge is 0.220 e. The Kier molecular flexibility index (Phi) is 4.99. The molecule has 0 spiro atoms. The van der Waals surface area contributed by atoms with Crippen LogP contribution < -0.4 is 5.32 Å². The van der Waals surface area contributed by atoms with Gasteiger partial charge in [-0.05, 0) is 29.7 Å². The quantitative estimate of drug-likeness (QED) is 0.886. The molecule has 0 aliphatic heterocycles. The number of benzene rings is 2. The van der Waals surface area contributed by atoms with E-state index in [-0.39, 0.29) is 5.91 Å². The highest BCUT2D eigenvalue weighted by atomic mass is 35.5. The number of rotatable bonds is 5. The maximum Gasteiger partial charge on any atom is 0.220 e. The molecular weight excluding hydrogens is 258 g/mol. The van der Waals surface area contributed by atoms with E-state index in [1.807, 2.05) is 54.6 Å². The van der Waals surface area contributed by atoms with Gasteiger partial charge in [0.1, 0.15) is 0 Å². The zero-order chi connectivity index (χ0) is 13.5. The average molecular weight is 274 g/mol. The minimum absolute atomic E-state index is 0.0591. The Balaban J connectivity index is 1.76. The first-order valence-electron chi connectivity index (χ1n) is 6.29. The Bertz CT molecular complexity index is 539. The molecule has 0 bridgehead atoms. The van der Waals surface area contributed by atoms with Gasteiger partial charge in [-0.1, -0.05) is 54.1 Å². The van der Waals surface area contributed by atoms with Gasteiger partial charge in [0.05, 0.1) is 0 Å². The fourth-order valence-electron chi connectivity index (χ4n) is 1.84. The monoisotopic (exact) mass is 273 g/mol. The summed E-state index contributed by atoms with van der Waals surface area (Å²) in [5, 5.41) is 3.59. The van der Waals surface area contributed by atoms with Crippen molar-refractivity contribution in [2.24, 2.45) is 0 Å². The molecule has 98 valence electrons. The second-order valence-corrected chi connectivity index (χ2v) is 4.83. The molecule has 19 heavy (non-hydrogen) atoms. The van der Waals surface area contributed by atoms with Crippen molar-refractivity contribution in [3.63, 3.8) is 0 Å². The summed E-state index contributed by atoms with van der Waals surface area (Å²) >= 11 is 5.89. The van der Waals surface area contributed by atoms with Crippen molar-refractivity contribution < 1.29 is 4.79 Å². The Morgan fingerprint density at radius 3 is 2.47 bits per heavy atom. The van der Waals surface area contributed by atoms with Gasteiger partial charge in [-0.2, -0.15) is 0 Å². The second-order valence-electron chi connectivity index (χ2n) is 4.39. The minimum Gasteiger partial charge on any atom is -0.352 e. The van der Waals surface area contributed by atoms with Crippen molar-refractivity contribution in [1.29, 1.82) is 0 Å². The average Bonchev–Trinajstić information content (AvgIpc) is 2.44. The highest BCUT2D eigenvalue weighted by molar-refractivity contribution is 6.30. The lowest BCUT2D eigenvalue weighted by Gasteiger charge is -2.06. The van der Waals surface area contributed by atoms with Gasteiger partial charge >= 0.3 is 0 Å². The summed E-state index contributed by atoms with van der Waals surface area (Å²) in [6.07, 6.45) is 1.27. The third kappa shape index (κ3) is 4.76. The predicted octanol–water partition coefficient (Wildman–Crippen LogP) is 3.59. The highest BCUT2D eigenvalue weighted by Crippen LogP contribution is 2.10. The number of carbonyl (C=O) groups excluding carboxylic acids is 1. The van der Waals surface area contributed by atoms with Crippen molar-refractivity contribution >= 4 is 17.5 Å². The van der Waals surface area contributed by atoms with Crippen molar-refractivity contribution in [2.75, 3.05) is 0 Å². The third-order valence-electron chi connectivity index (χ3n) is 2.86. The van der Waals surface area contributed by atoms with Crippen molar-refractivity contribution in [3.05, 3.63) is 70.7 Å². The number of halogens is 1.